The van der Waals surface area contributed by atoms with Gasteiger partial charge >= 0.3 is 0 Å². The molecule has 0 bridgehead atoms. The monoisotopic (exact) mass is 508 g/mol. The largest absolute Gasteiger partial charge is 0.506 e. The second-order valence-corrected chi connectivity index (χ2v) is 11.2. The summed E-state index contributed by atoms with van der Waals surface area (Å²) in [4.78, 5) is 0. The molecule has 0 aliphatic heterocycles. The fourth-order valence-electron chi connectivity index (χ4n) is 6.56. The number of hydrogen-bond donors (Lipinski definition) is 1. The first kappa shape index (κ1) is 26.3. The standard InChI is InChI=1S/C33H40N4O/c1-23-20-27(13-15-29(23)35-34-3)33(18-8-5-9-19-33)28-14-16-30(24(2)21-28)36-37-31-22-26(12-17-32(31)38)25-10-6-4-7-11-25/h12-17,20-22,25,38H,4-11,18-19H2,1-3H3. The minimum atomic E-state index is -0.00206. The predicted molar refractivity (Wildman–Crippen MR) is 155 cm³/mol. The summed E-state index contributed by atoms with van der Waals surface area (Å²) >= 11 is 0. The zero-order valence-corrected chi connectivity index (χ0v) is 23.1. The second-order valence-electron chi connectivity index (χ2n) is 11.2. The Balaban J connectivity index is 1.44. The molecule has 38 heavy (non-hydrogen) atoms. The number of phenolic OH excluding ortho intramolecular Hbond substituents is 1. The van der Waals surface area contributed by atoms with E-state index in [1.165, 1.54) is 68.1 Å². The smallest absolute Gasteiger partial charge is 0.143 e. The molecular weight excluding hydrogens is 468 g/mol. The molecule has 2 aliphatic carbocycles. The van der Waals surface area contributed by atoms with Gasteiger partial charge in [0.05, 0.1) is 11.4 Å². The van der Waals surface area contributed by atoms with E-state index in [4.69, 9.17) is 0 Å². The van der Waals surface area contributed by atoms with E-state index in [1.807, 2.05) is 12.1 Å². The molecule has 2 saturated carbocycles. The van der Waals surface area contributed by atoms with Gasteiger partial charge in [-0.2, -0.15) is 15.3 Å². The fraction of sp³-hybridized carbons (Fsp3) is 0.455. The molecule has 2 aliphatic rings. The van der Waals surface area contributed by atoms with Crippen LogP contribution in [0.4, 0.5) is 17.1 Å². The van der Waals surface area contributed by atoms with Crippen LogP contribution in [0.2, 0.25) is 0 Å². The van der Waals surface area contributed by atoms with Crippen molar-refractivity contribution in [3.8, 4) is 5.75 Å². The van der Waals surface area contributed by atoms with E-state index in [1.54, 1.807) is 13.1 Å². The van der Waals surface area contributed by atoms with Gasteiger partial charge in [-0.05, 0) is 97.5 Å². The number of benzene rings is 3. The molecule has 2 fully saturated rings. The van der Waals surface area contributed by atoms with E-state index in [-0.39, 0.29) is 11.2 Å². The Morgan fingerprint density at radius 2 is 1.24 bits per heavy atom. The first-order valence-electron chi connectivity index (χ1n) is 14.3. The van der Waals surface area contributed by atoms with E-state index in [0.717, 1.165) is 35.3 Å². The lowest BCUT2D eigenvalue weighted by Crippen LogP contribution is -2.30. The Bertz CT molecular complexity index is 1330. The summed E-state index contributed by atoms with van der Waals surface area (Å²) in [6.07, 6.45) is 12.4. The van der Waals surface area contributed by atoms with Gasteiger partial charge in [-0.1, -0.05) is 68.9 Å². The van der Waals surface area contributed by atoms with Gasteiger partial charge in [0.25, 0.3) is 0 Å². The zero-order chi connectivity index (χ0) is 26.5. The molecule has 0 saturated heterocycles. The van der Waals surface area contributed by atoms with Crippen molar-refractivity contribution in [2.45, 2.75) is 89.4 Å². The van der Waals surface area contributed by atoms with E-state index in [9.17, 15) is 5.11 Å². The van der Waals surface area contributed by atoms with Gasteiger partial charge in [-0.25, -0.2) is 0 Å². The molecule has 0 amide bonds. The third kappa shape index (κ3) is 5.43. The van der Waals surface area contributed by atoms with Crippen molar-refractivity contribution in [2.75, 3.05) is 7.05 Å². The van der Waals surface area contributed by atoms with Crippen molar-refractivity contribution < 1.29 is 5.11 Å². The highest BCUT2D eigenvalue weighted by Crippen LogP contribution is 2.47. The van der Waals surface area contributed by atoms with Gasteiger partial charge in [0.15, 0.2) is 0 Å². The number of aromatic hydroxyl groups is 1. The van der Waals surface area contributed by atoms with E-state index in [2.05, 4.69) is 70.7 Å². The van der Waals surface area contributed by atoms with Crippen LogP contribution in [0, 0.1) is 13.8 Å². The molecule has 0 aromatic heterocycles. The lowest BCUT2D eigenvalue weighted by atomic mass is 9.65. The van der Waals surface area contributed by atoms with E-state index >= 15 is 0 Å². The molecular formula is C33H40N4O. The quantitative estimate of drug-likeness (QED) is 0.330. The Hall–Kier alpha value is -3.34. The van der Waals surface area contributed by atoms with Crippen molar-refractivity contribution >= 4 is 17.1 Å². The highest BCUT2D eigenvalue weighted by atomic mass is 16.3. The van der Waals surface area contributed by atoms with Crippen LogP contribution in [0.3, 0.4) is 0 Å². The molecule has 3 aromatic rings. The lowest BCUT2D eigenvalue weighted by molar-refractivity contribution is 0.346. The summed E-state index contributed by atoms with van der Waals surface area (Å²) < 4.78 is 0. The van der Waals surface area contributed by atoms with Crippen LogP contribution < -0.4 is 0 Å². The van der Waals surface area contributed by atoms with Crippen LogP contribution in [0.25, 0.3) is 0 Å². The Kier molecular flexibility index (Phi) is 8.01. The molecule has 0 spiro atoms. The van der Waals surface area contributed by atoms with Crippen LogP contribution in [-0.4, -0.2) is 12.2 Å². The molecule has 0 heterocycles. The van der Waals surface area contributed by atoms with Crippen molar-refractivity contribution in [3.05, 3.63) is 82.4 Å². The predicted octanol–water partition coefficient (Wildman–Crippen LogP) is 10.4. The number of aryl methyl sites for hydroxylation is 2. The van der Waals surface area contributed by atoms with Crippen LogP contribution in [0.5, 0.6) is 5.75 Å². The summed E-state index contributed by atoms with van der Waals surface area (Å²) in [5.74, 6) is 0.749. The Morgan fingerprint density at radius 3 is 1.84 bits per heavy atom. The maximum Gasteiger partial charge on any atom is 0.143 e. The maximum atomic E-state index is 10.5. The highest BCUT2D eigenvalue weighted by molar-refractivity contribution is 5.56. The van der Waals surface area contributed by atoms with Gasteiger partial charge in [-0.3, -0.25) is 0 Å². The number of azo groups is 2. The van der Waals surface area contributed by atoms with Crippen LogP contribution in [-0.2, 0) is 5.41 Å². The van der Waals surface area contributed by atoms with Crippen molar-refractivity contribution in [1.29, 1.82) is 0 Å². The van der Waals surface area contributed by atoms with Crippen LogP contribution in [0.15, 0.2) is 75.1 Å². The molecule has 5 heteroatoms. The summed E-state index contributed by atoms with van der Waals surface area (Å²) in [6, 6.07) is 19.1. The summed E-state index contributed by atoms with van der Waals surface area (Å²) in [6.45, 7) is 4.24. The van der Waals surface area contributed by atoms with Gasteiger partial charge < -0.3 is 5.11 Å². The van der Waals surface area contributed by atoms with Crippen molar-refractivity contribution in [3.63, 3.8) is 0 Å². The molecule has 3 aromatic carbocycles. The fourth-order valence-corrected chi connectivity index (χ4v) is 6.56. The van der Waals surface area contributed by atoms with E-state index < -0.39 is 0 Å². The molecule has 0 unspecified atom stereocenters. The van der Waals surface area contributed by atoms with E-state index in [0.29, 0.717) is 11.6 Å². The average Bonchev–Trinajstić information content (AvgIpc) is 2.95. The van der Waals surface area contributed by atoms with Gasteiger partial charge in [0.2, 0.25) is 0 Å². The first-order valence-corrected chi connectivity index (χ1v) is 14.3. The Labute approximate surface area is 227 Å². The molecule has 1 N–H and O–H groups in total. The molecule has 0 radical (unpaired) electrons. The number of rotatable bonds is 6. The third-order valence-electron chi connectivity index (χ3n) is 8.76. The topological polar surface area (TPSA) is 69.7 Å². The number of nitrogens with zero attached hydrogens (tertiary/aromatic N) is 4. The number of phenols is 1. The molecule has 5 rings (SSSR count). The Morgan fingerprint density at radius 1 is 0.658 bits per heavy atom. The summed E-state index contributed by atoms with van der Waals surface area (Å²) in [5, 5.41) is 27.8. The normalized spacial score (nSPS) is 18.4. The van der Waals surface area contributed by atoms with Gasteiger partial charge in [-0.15, -0.1) is 5.11 Å². The minimum Gasteiger partial charge on any atom is -0.506 e. The third-order valence-corrected chi connectivity index (χ3v) is 8.76. The van der Waals surface area contributed by atoms with Crippen LogP contribution in [0.1, 0.15) is 97.9 Å². The second kappa shape index (κ2) is 11.6. The van der Waals surface area contributed by atoms with Crippen molar-refractivity contribution in [1.82, 2.24) is 0 Å². The maximum absolute atomic E-state index is 10.5. The molecule has 198 valence electrons. The van der Waals surface area contributed by atoms with Gasteiger partial charge in [0.1, 0.15) is 11.4 Å². The lowest BCUT2D eigenvalue weighted by Gasteiger charge is -2.39. The SMILES string of the molecule is CN=Nc1ccc(C2(c3ccc(N=Nc4cc(C5CCCCC5)ccc4O)c(C)c3)CCCCC2)cc1C. The highest BCUT2D eigenvalue weighted by Gasteiger charge is 2.36. The summed E-state index contributed by atoms with van der Waals surface area (Å²) in [7, 11) is 1.71. The average molecular weight is 509 g/mol. The van der Waals surface area contributed by atoms with Gasteiger partial charge in [0, 0.05) is 12.5 Å². The molecule has 5 nitrogen and oxygen atoms in total. The number of hydrogen-bond acceptors (Lipinski definition) is 5. The molecule has 0 atom stereocenters. The first-order chi connectivity index (χ1) is 18.5. The van der Waals surface area contributed by atoms with Crippen molar-refractivity contribution in [2.24, 2.45) is 20.5 Å². The van der Waals surface area contributed by atoms with Crippen LogP contribution >= 0.6 is 0 Å². The summed E-state index contributed by atoms with van der Waals surface area (Å²) in [5.41, 5.74) is 8.58. The zero-order valence-electron chi connectivity index (χ0n) is 23.1. The minimum absolute atomic E-state index is 0.00206.